The van der Waals surface area contributed by atoms with Crippen molar-refractivity contribution in [3.05, 3.63) is 0 Å². The van der Waals surface area contributed by atoms with E-state index in [2.05, 4.69) is 22.6 Å². The Labute approximate surface area is 70.7 Å². The molecule has 2 rings (SSSR count). The van der Waals surface area contributed by atoms with Gasteiger partial charge in [0.2, 0.25) is 0 Å². The average Bonchev–Trinajstić information content (AvgIpc) is 1.58. The van der Waals surface area contributed by atoms with Crippen LogP contribution in [0, 0.1) is 5.41 Å². The van der Waals surface area contributed by atoms with Gasteiger partial charge in [-0.2, -0.15) is 0 Å². The molecule has 3 heteroatoms. The lowest BCUT2D eigenvalue weighted by molar-refractivity contribution is 0.00215. The van der Waals surface area contributed by atoms with Crippen molar-refractivity contribution in [3.8, 4) is 0 Å². The molecule has 1 aliphatic carbocycles. The molecule has 0 bridgehead atoms. The van der Waals surface area contributed by atoms with Crippen molar-refractivity contribution in [2.75, 3.05) is 13.1 Å². The highest BCUT2D eigenvalue weighted by Gasteiger charge is 2.49. The van der Waals surface area contributed by atoms with Crippen LogP contribution < -0.4 is 0 Å². The zero-order valence-corrected chi connectivity index (χ0v) is 7.47. The highest BCUT2D eigenvalue weighted by atomic mass is 127. The van der Waals surface area contributed by atoms with E-state index in [1.165, 1.54) is 12.8 Å². The van der Waals surface area contributed by atoms with Gasteiger partial charge in [0.05, 0.1) is 0 Å². The first kappa shape index (κ1) is 6.46. The van der Waals surface area contributed by atoms with Crippen molar-refractivity contribution in [1.82, 2.24) is 4.81 Å². The molecule has 0 aromatic heterocycles. The molecule has 1 aliphatic heterocycles. The summed E-state index contributed by atoms with van der Waals surface area (Å²) >= 11 is 2.52. The molecular formula is C6H9BIN. The first-order valence-corrected chi connectivity index (χ1v) is 4.59. The molecule has 0 aromatic carbocycles. The maximum absolute atomic E-state index is 5.54. The standard InChI is InChI=1S/C6H9BIN/c7-9-3-6(4-9)1-5(8)2-6/h5H,1-4H2. The molecule has 0 aromatic rings. The predicted molar refractivity (Wildman–Crippen MR) is 46.8 cm³/mol. The molecule has 0 N–H and O–H groups in total. The molecule has 0 atom stereocenters. The van der Waals surface area contributed by atoms with Gasteiger partial charge in [-0.05, 0) is 31.3 Å². The fourth-order valence-electron chi connectivity index (χ4n) is 1.95. The average molecular weight is 233 g/mol. The third-order valence-corrected chi connectivity index (χ3v) is 3.27. The number of hydrogen-bond acceptors (Lipinski definition) is 1. The molecular weight excluding hydrogens is 224 g/mol. The Morgan fingerprint density at radius 1 is 1.44 bits per heavy atom. The van der Waals surface area contributed by atoms with E-state index in [9.17, 15) is 0 Å². The molecule has 0 amide bonds. The summed E-state index contributed by atoms with van der Waals surface area (Å²) in [4.78, 5) is 1.92. The molecule has 1 saturated heterocycles. The van der Waals surface area contributed by atoms with Gasteiger partial charge in [0.25, 0.3) is 0 Å². The molecule has 1 heterocycles. The number of halogens is 1. The first-order valence-electron chi connectivity index (χ1n) is 3.34. The van der Waals surface area contributed by atoms with Crippen LogP contribution in [0.3, 0.4) is 0 Å². The maximum Gasteiger partial charge on any atom is 0.182 e. The van der Waals surface area contributed by atoms with Crippen molar-refractivity contribution in [3.63, 3.8) is 0 Å². The van der Waals surface area contributed by atoms with Gasteiger partial charge >= 0.3 is 0 Å². The minimum atomic E-state index is 0.681. The minimum absolute atomic E-state index is 0.681. The molecule has 9 heavy (non-hydrogen) atoms. The van der Waals surface area contributed by atoms with Crippen LogP contribution in [-0.2, 0) is 0 Å². The normalized spacial score (nSPS) is 33.9. The van der Waals surface area contributed by atoms with Gasteiger partial charge in [-0.3, -0.25) is 0 Å². The maximum atomic E-state index is 5.54. The Morgan fingerprint density at radius 3 is 2.33 bits per heavy atom. The minimum Gasteiger partial charge on any atom is -0.352 e. The van der Waals surface area contributed by atoms with E-state index in [1.807, 2.05) is 4.81 Å². The fraction of sp³-hybridized carbons (Fsp3) is 1.00. The molecule has 2 fully saturated rings. The van der Waals surface area contributed by atoms with E-state index in [0.29, 0.717) is 5.41 Å². The molecule has 1 saturated carbocycles. The zero-order chi connectivity index (χ0) is 6.48. The van der Waals surface area contributed by atoms with Crippen LogP contribution >= 0.6 is 22.6 Å². The molecule has 1 spiro atoms. The van der Waals surface area contributed by atoms with Crippen molar-refractivity contribution in [2.24, 2.45) is 5.41 Å². The quantitative estimate of drug-likeness (QED) is 0.342. The highest BCUT2D eigenvalue weighted by Crippen LogP contribution is 2.50. The van der Waals surface area contributed by atoms with Gasteiger partial charge in [-0.1, -0.05) is 22.6 Å². The summed E-state index contributed by atoms with van der Waals surface area (Å²) in [6.45, 7) is 2.29. The highest BCUT2D eigenvalue weighted by molar-refractivity contribution is 14.1. The molecule has 48 valence electrons. The summed E-state index contributed by atoms with van der Waals surface area (Å²) in [5, 5.41) is 0. The van der Waals surface area contributed by atoms with Crippen LogP contribution in [0.5, 0.6) is 0 Å². The summed E-state index contributed by atoms with van der Waals surface area (Å²) in [5.74, 6) is 0. The molecule has 0 unspecified atom stereocenters. The van der Waals surface area contributed by atoms with Gasteiger partial charge in [-0.25, -0.2) is 0 Å². The van der Waals surface area contributed by atoms with Crippen molar-refractivity contribution < 1.29 is 0 Å². The lowest BCUT2D eigenvalue weighted by Crippen LogP contribution is -2.61. The number of rotatable bonds is 0. The predicted octanol–water partition coefficient (Wildman–Crippen LogP) is 0.969. The number of hydrogen-bond donors (Lipinski definition) is 0. The lowest BCUT2D eigenvalue weighted by atomic mass is 9.62. The second kappa shape index (κ2) is 1.88. The van der Waals surface area contributed by atoms with Gasteiger partial charge < -0.3 is 4.81 Å². The van der Waals surface area contributed by atoms with Gasteiger partial charge in [0.1, 0.15) is 0 Å². The van der Waals surface area contributed by atoms with E-state index < -0.39 is 0 Å². The van der Waals surface area contributed by atoms with Crippen LogP contribution in [0.2, 0.25) is 0 Å². The van der Waals surface area contributed by atoms with Crippen LogP contribution in [-0.4, -0.2) is 29.8 Å². The summed E-state index contributed by atoms with van der Waals surface area (Å²) in [5.41, 5.74) is 0.681. The lowest BCUT2D eigenvalue weighted by Gasteiger charge is -2.57. The van der Waals surface area contributed by atoms with Crippen molar-refractivity contribution in [2.45, 2.75) is 16.8 Å². The summed E-state index contributed by atoms with van der Waals surface area (Å²) < 4.78 is 0.941. The summed E-state index contributed by atoms with van der Waals surface area (Å²) in [6, 6.07) is 0. The van der Waals surface area contributed by atoms with Crippen molar-refractivity contribution in [1.29, 1.82) is 0 Å². The zero-order valence-electron chi connectivity index (χ0n) is 5.31. The summed E-state index contributed by atoms with van der Waals surface area (Å²) in [6.07, 6.45) is 2.81. The largest absolute Gasteiger partial charge is 0.352 e. The number of nitrogens with zero attached hydrogens (tertiary/aromatic N) is 1. The SMILES string of the molecule is [B]N1CC2(CC(I)C2)C1. The fourth-order valence-corrected chi connectivity index (χ4v) is 3.82. The Bertz CT molecular complexity index is 108. The number of alkyl halides is 1. The van der Waals surface area contributed by atoms with E-state index in [-0.39, 0.29) is 0 Å². The van der Waals surface area contributed by atoms with Gasteiger partial charge in [0.15, 0.2) is 7.98 Å². The van der Waals surface area contributed by atoms with E-state index in [1.54, 1.807) is 0 Å². The second-order valence-electron chi connectivity index (χ2n) is 3.41. The van der Waals surface area contributed by atoms with Crippen molar-refractivity contribution >= 4 is 30.6 Å². The van der Waals surface area contributed by atoms with E-state index >= 15 is 0 Å². The first-order chi connectivity index (χ1) is 4.20. The Morgan fingerprint density at radius 2 is 2.00 bits per heavy atom. The Kier molecular flexibility index (Phi) is 1.35. The van der Waals surface area contributed by atoms with Crippen LogP contribution in [0.1, 0.15) is 12.8 Å². The third-order valence-electron chi connectivity index (χ3n) is 2.39. The van der Waals surface area contributed by atoms with Gasteiger partial charge in [0, 0.05) is 3.92 Å². The van der Waals surface area contributed by atoms with Crippen LogP contribution in [0.25, 0.3) is 0 Å². The topological polar surface area (TPSA) is 3.24 Å². The van der Waals surface area contributed by atoms with E-state index in [4.69, 9.17) is 7.98 Å². The third kappa shape index (κ3) is 0.927. The second-order valence-corrected chi connectivity index (χ2v) is 5.17. The van der Waals surface area contributed by atoms with E-state index in [0.717, 1.165) is 17.0 Å². The summed E-state index contributed by atoms with van der Waals surface area (Å²) in [7, 11) is 5.54. The smallest absolute Gasteiger partial charge is 0.182 e. The molecule has 1 nitrogen and oxygen atoms in total. The molecule has 2 radical (unpaired) electrons. The Hall–Kier alpha value is 0.755. The van der Waals surface area contributed by atoms with Crippen LogP contribution in [0.15, 0.2) is 0 Å². The Balaban J connectivity index is 1.87. The molecule has 2 aliphatic rings. The monoisotopic (exact) mass is 233 g/mol. The van der Waals surface area contributed by atoms with Gasteiger partial charge in [-0.15, -0.1) is 0 Å². The van der Waals surface area contributed by atoms with Crippen LogP contribution in [0.4, 0.5) is 0 Å².